The zero-order valence-electron chi connectivity index (χ0n) is 13.5. The molecule has 1 aromatic heterocycles. The van der Waals surface area contributed by atoms with Crippen LogP contribution in [0, 0.1) is 0 Å². The van der Waals surface area contributed by atoms with Crippen molar-refractivity contribution < 1.29 is 14.6 Å². The summed E-state index contributed by atoms with van der Waals surface area (Å²) in [5.74, 6) is 0.346. The smallest absolute Gasteiger partial charge is 0.407 e. The Morgan fingerprint density at radius 2 is 2.04 bits per heavy atom. The van der Waals surface area contributed by atoms with Crippen LogP contribution in [0.4, 0.5) is 4.79 Å². The Bertz CT molecular complexity index is 827. The Labute approximate surface area is 140 Å². The maximum atomic E-state index is 11.8. The van der Waals surface area contributed by atoms with E-state index < -0.39 is 6.09 Å². The summed E-state index contributed by atoms with van der Waals surface area (Å²) in [5, 5.41) is 13.3. The molecule has 3 rings (SSSR count). The van der Waals surface area contributed by atoms with Gasteiger partial charge in [-0.05, 0) is 23.3 Å². The SMILES string of the molecule is CC(CNC(=O)OCc1ccccc1)c1c[nH]c2cc(O)ccc12. The maximum absolute atomic E-state index is 11.8. The molecule has 5 nitrogen and oxygen atoms in total. The fourth-order valence-electron chi connectivity index (χ4n) is 2.66. The second kappa shape index (κ2) is 7.08. The molecule has 0 fully saturated rings. The van der Waals surface area contributed by atoms with Crippen molar-refractivity contribution in [3.8, 4) is 5.75 Å². The van der Waals surface area contributed by atoms with Crippen molar-refractivity contribution >= 4 is 17.0 Å². The predicted octanol–water partition coefficient (Wildman–Crippen LogP) is 3.90. The summed E-state index contributed by atoms with van der Waals surface area (Å²) >= 11 is 0. The molecular weight excluding hydrogens is 304 g/mol. The maximum Gasteiger partial charge on any atom is 0.407 e. The van der Waals surface area contributed by atoms with Crippen molar-refractivity contribution in [1.82, 2.24) is 10.3 Å². The second-order valence-corrected chi connectivity index (χ2v) is 5.82. The van der Waals surface area contributed by atoms with Gasteiger partial charge in [0.05, 0.1) is 0 Å². The summed E-state index contributed by atoms with van der Waals surface area (Å²) in [6.45, 7) is 2.77. The lowest BCUT2D eigenvalue weighted by atomic mass is 10.0. The molecule has 24 heavy (non-hydrogen) atoms. The molecule has 0 aliphatic rings. The zero-order valence-corrected chi connectivity index (χ0v) is 13.5. The summed E-state index contributed by atoms with van der Waals surface area (Å²) in [6, 6.07) is 14.8. The molecule has 0 aliphatic heterocycles. The number of rotatable bonds is 5. The molecule has 0 bridgehead atoms. The number of fused-ring (bicyclic) bond motifs is 1. The van der Waals surface area contributed by atoms with Crippen molar-refractivity contribution in [1.29, 1.82) is 0 Å². The molecule has 3 aromatic rings. The zero-order chi connectivity index (χ0) is 16.9. The van der Waals surface area contributed by atoms with Crippen LogP contribution >= 0.6 is 0 Å². The number of benzene rings is 2. The van der Waals surface area contributed by atoms with Crippen LogP contribution in [0.1, 0.15) is 24.0 Å². The van der Waals surface area contributed by atoms with E-state index in [2.05, 4.69) is 10.3 Å². The van der Waals surface area contributed by atoms with Crippen LogP contribution in [-0.4, -0.2) is 22.7 Å². The third-order valence-corrected chi connectivity index (χ3v) is 3.99. The van der Waals surface area contributed by atoms with Gasteiger partial charge in [-0.2, -0.15) is 0 Å². The van der Waals surface area contributed by atoms with E-state index in [-0.39, 0.29) is 18.3 Å². The van der Waals surface area contributed by atoms with Gasteiger partial charge in [0.25, 0.3) is 0 Å². The van der Waals surface area contributed by atoms with Gasteiger partial charge in [0.15, 0.2) is 0 Å². The minimum atomic E-state index is -0.428. The van der Waals surface area contributed by atoms with Crippen molar-refractivity contribution in [3.63, 3.8) is 0 Å². The van der Waals surface area contributed by atoms with Gasteiger partial charge in [0, 0.05) is 35.6 Å². The highest BCUT2D eigenvalue weighted by Crippen LogP contribution is 2.27. The lowest BCUT2D eigenvalue weighted by molar-refractivity contribution is 0.139. The number of amides is 1. The predicted molar refractivity (Wildman–Crippen MR) is 93.0 cm³/mol. The molecule has 1 heterocycles. The standard InChI is InChI=1S/C19H20N2O3/c1-13(17-11-20-18-9-15(22)7-8-16(17)18)10-21-19(23)24-12-14-5-3-2-4-6-14/h2-9,11,13,20,22H,10,12H2,1H3,(H,21,23). The van der Waals surface area contributed by atoms with Crippen molar-refractivity contribution in [3.05, 3.63) is 65.9 Å². The molecular formula is C19H20N2O3. The topological polar surface area (TPSA) is 74.3 Å². The highest BCUT2D eigenvalue weighted by molar-refractivity contribution is 5.85. The van der Waals surface area contributed by atoms with Crippen molar-refractivity contribution in [2.24, 2.45) is 0 Å². The molecule has 5 heteroatoms. The van der Waals surface area contributed by atoms with E-state index >= 15 is 0 Å². The van der Waals surface area contributed by atoms with Crippen LogP contribution in [0.5, 0.6) is 5.75 Å². The number of H-pyrrole nitrogens is 1. The lowest BCUT2D eigenvalue weighted by Crippen LogP contribution is -2.28. The van der Waals surface area contributed by atoms with Gasteiger partial charge >= 0.3 is 6.09 Å². The molecule has 1 atom stereocenters. The molecule has 1 amide bonds. The Morgan fingerprint density at radius 3 is 2.83 bits per heavy atom. The lowest BCUT2D eigenvalue weighted by Gasteiger charge is -2.12. The number of phenolic OH excluding ortho intramolecular Hbond substituents is 1. The van der Waals surface area contributed by atoms with E-state index in [1.807, 2.05) is 49.5 Å². The van der Waals surface area contributed by atoms with Gasteiger partial charge in [-0.25, -0.2) is 4.79 Å². The first-order valence-electron chi connectivity index (χ1n) is 7.88. The molecule has 0 saturated carbocycles. The number of aromatic hydroxyl groups is 1. The second-order valence-electron chi connectivity index (χ2n) is 5.82. The number of aromatic amines is 1. The molecule has 3 N–H and O–H groups in total. The van der Waals surface area contributed by atoms with E-state index in [0.29, 0.717) is 6.54 Å². The monoisotopic (exact) mass is 324 g/mol. The molecule has 0 radical (unpaired) electrons. The molecule has 124 valence electrons. The van der Waals surface area contributed by atoms with E-state index in [0.717, 1.165) is 22.0 Å². The molecule has 0 saturated heterocycles. The van der Waals surface area contributed by atoms with E-state index in [1.165, 1.54) is 0 Å². The van der Waals surface area contributed by atoms with Gasteiger partial charge in [0.1, 0.15) is 12.4 Å². The number of phenols is 1. The average Bonchev–Trinajstić information content (AvgIpc) is 3.01. The third-order valence-electron chi connectivity index (χ3n) is 3.99. The third kappa shape index (κ3) is 3.68. The van der Waals surface area contributed by atoms with Crippen molar-refractivity contribution in [2.75, 3.05) is 6.54 Å². The average molecular weight is 324 g/mol. The number of carbonyl (C=O) groups is 1. The number of aromatic nitrogens is 1. The summed E-state index contributed by atoms with van der Waals surface area (Å²) in [4.78, 5) is 15.0. The number of ether oxygens (including phenoxy) is 1. The summed E-state index contributed by atoms with van der Waals surface area (Å²) in [6.07, 6.45) is 1.48. The quantitative estimate of drug-likeness (QED) is 0.666. The van der Waals surface area contributed by atoms with E-state index in [1.54, 1.807) is 12.1 Å². The minimum absolute atomic E-state index is 0.118. The van der Waals surface area contributed by atoms with Gasteiger partial charge < -0.3 is 20.1 Å². The van der Waals surface area contributed by atoms with Crippen LogP contribution in [0.3, 0.4) is 0 Å². The highest BCUT2D eigenvalue weighted by Gasteiger charge is 2.13. The first-order chi connectivity index (χ1) is 11.6. The van der Waals surface area contributed by atoms with E-state index in [4.69, 9.17) is 4.74 Å². The first-order valence-corrected chi connectivity index (χ1v) is 7.88. The number of hydrogen-bond donors (Lipinski definition) is 3. The van der Waals surface area contributed by atoms with Crippen LogP contribution < -0.4 is 5.32 Å². The largest absolute Gasteiger partial charge is 0.508 e. The molecule has 1 unspecified atom stereocenters. The van der Waals surface area contributed by atoms with Gasteiger partial charge in [-0.1, -0.05) is 37.3 Å². The van der Waals surface area contributed by atoms with Gasteiger partial charge in [-0.15, -0.1) is 0 Å². The van der Waals surface area contributed by atoms with Crippen molar-refractivity contribution in [2.45, 2.75) is 19.4 Å². The Morgan fingerprint density at radius 1 is 1.25 bits per heavy atom. The number of nitrogens with one attached hydrogen (secondary N) is 2. The summed E-state index contributed by atoms with van der Waals surface area (Å²) < 4.78 is 5.21. The van der Waals surface area contributed by atoms with Crippen LogP contribution in [0.25, 0.3) is 10.9 Å². The van der Waals surface area contributed by atoms with Crippen LogP contribution in [-0.2, 0) is 11.3 Å². The Hall–Kier alpha value is -2.95. The van der Waals surface area contributed by atoms with Crippen LogP contribution in [0.15, 0.2) is 54.7 Å². The van der Waals surface area contributed by atoms with Gasteiger partial charge in [-0.3, -0.25) is 0 Å². The van der Waals surface area contributed by atoms with Gasteiger partial charge in [0.2, 0.25) is 0 Å². The first kappa shape index (κ1) is 15.9. The molecule has 0 spiro atoms. The Kier molecular flexibility index (Phi) is 4.70. The fraction of sp³-hybridized carbons (Fsp3) is 0.211. The highest BCUT2D eigenvalue weighted by atomic mass is 16.5. The fourth-order valence-corrected chi connectivity index (χ4v) is 2.66. The number of alkyl carbamates (subject to hydrolysis) is 1. The Balaban J connectivity index is 1.54. The normalized spacial score (nSPS) is 12.0. The summed E-state index contributed by atoms with van der Waals surface area (Å²) in [5.41, 5.74) is 2.92. The number of hydrogen-bond acceptors (Lipinski definition) is 3. The molecule has 0 aliphatic carbocycles. The van der Waals surface area contributed by atoms with Crippen LogP contribution in [0.2, 0.25) is 0 Å². The molecule has 2 aromatic carbocycles. The minimum Gasteiger partial charge on any atom is -0.508 e. The number of carbonyl (C=O) groups excluding carboxylic acids is 1. The van der Waals surface area contributed by atoms with E-state index in [9.17, 15) is 9.90 Å². The summed E-state index contributed by atoms with van der Waals surface area (Å²) in [7, 11) is 0.